The first-order chi connectivity index (χ1) is 10.7. The van der Waals surface area contributed by atoms with Gasteiger partial charge in [-0.1, -0.05) is 0 Å². The summed E-state index contributed by atoms with van der Waals surface area (Å²) >= 11 is 1.66. The number of aromatic nitrogens is 1. The van der Waals surface area contributed by atoms with Crippen LogP contribution in [-0.2, 0) is 4.74 Å². The maximum atomic E-state index is 12.6. The van der Waals surface area contributed by atoms with Crippen LogP contribution in [0, 0.1) is 18.8 Å². The van der Waals surface area contributed by atoms with E-state index in [1.807, 2.05) is 11.8 Å². The monoisotopic (exact) mass is 323 g/mol. The number of urea groups is 1. The molecule has 1 saturated carbocycles. The zero-order valence-corrected chi connectivity index (χ0v) is 14.2. The van der Waals surface area contributed by atoms with Gasteiger partial charge in [0.15, 0.2) is 0 Å². The van der Waals surface area contributed by atoms with Crippen molar-refractivity contribution in [1.82, 2.24) is 15.2 Å². The quantitative estimate of drug-likeness (QED) is 0.906. The van der Waals surface area contributed by atoms with Gasteiger partial charge in [-0.3, -0.25) is 0 Å². The van der Waals surface area contributed by atoms with Gasteiger partial charge in [-0.2, -0.15) is 0 Å². The van der Waals surface area contributed by atoms with Crippen LogP contribution in [0.25, 0.3) is 0 Å². The number of likely N-dealkylation sites (tertiary alicyclic amines) is 1. The van der Waals surface area contributed by atoms with E-state index in [2.05, 4.69) is 15.7 Å². The molecule has 1 aromatic rings. The lowest BCUT2D eigenvalue weighted by Gasteiger charge is -2.33. The molecule has 0 spiro atoms. The fourth-order valence-corrected chi connectivity index (χ4v) is 4.11. The third kappa shape index (κ3) is 3.79. The Morgan fingerprint density at radius 3 is 3.00 bits per heavy atom. The highest BCUT2D eigenvalue weighted by molar-refractivity contribution is 7.09. The molecule has 1 aromatic heterocycles. The topological polar surface area (TPSA) is 54.5 Å². The summed E-state index contributed by atoms with van der Waals surface area (Å²) in [6.45, 7) is 4.39. The number of carbonyl (C=O) groups excluding carboxylic acids is 1. The Bertz CT molecular complexity index is 513. The minimum Gasteiger partial charge on any atom is -0.384 e. The average molecular weight is 323 g/mol. The van der Waals surface area contributed by atoms with Crippen LogP contribution in [-0.4, -0.2) is 42.7 Å². The Labute approximate surface area is 136 Å². The molecule has 2 atom stereocenters. The van der Waals surface area contributed by atoms with Gasteiger partial charge in [0.25, 0.3) is 0 Å². The number of piperidine rings is 1. The van der Waals surface area contributed by atoms with E-state index in [0.717, 1.165) is 43.2 Å². The summed E-state index contributed by atoms with van der Waals surface area (Å²) < 4.78 is 5.24. The molecule has 1 aliphatic heterocycles. The number of ether oxygens (including phenoxy) is 1. The number of hydrogen-bond acceptors (Lipinski definition) is 4. The van der Waals surface area contributed by atoms with Crippen LogP contribution in [0.15, 0.2) is 5.38 Å². The van der Waals surface area contributed by atoms with Gasteiger partial charge >= 0.3 is 6.03 Å². The van der Waals surface area contributed by atoms with Crippen molar-refractivity contribution in [2.75, 3.05) is 26.8 Å². The van der Waals surface area contributed by atoms with E-state index in [4.69, 9.17) is 4.74 Å². The molecular formula is C16H25N3O2S. The number of hydrogen-bond donors (Lipinski definition) is 1. The van der Waals surface area contributed by atoms with Gasteiger partial charge in [0.05, 0.1) is 12.6 Å². The Kier molecular flexibility index (Phi) is 4.98. The number of carbonyl (C=O) groups is 1. The summed E-state index contributed by atoms with van der Waals surface area (Å²) in [4.78, 5) is 19.1. The Balaban J connectivity index is 1.61. The molecule has 1 aliphatic carbocycles. The number of methoxy groups -OCH3 is 1. The summed E-state index contributed by atoms with van der Waals surface area (Å²) in [5, 5.41) is 6.35. The maximum Gasteiger partial charge on any atom is 0.317 e. The maximum absolute atomic E-state index is 12.6. The highest BCUT2D eigenvalue weighted by Gasteiger charge is 2.36. The SMILES string of the molecule is COCC1CCCN(C(=O)NC(c2nc(C)cs2)C2CC2)C1. The fourth-order valence-electron chi connectivity index (χ4n) is 3.17. The van der Waals surface area contributed by atoms with E-state index in [1.165, 1.54) is 12.8 Å². The zero-order valence-electron chi connectivity index (χ0n) is 13.4. The zero-order chi connectivity index (χ0) is 15.5. The van der Waals surface area contributed by atoms with E-state index in [-0.39, 0.29) is 12.1 Å². The second-order valence-corrected chi connectivity index (χ2v) is 7.39. The van der Waals surface area contributed by atoms with E-state index in [0.29, 0.717) is 11.8 Å². The van der Waals surface area contributed by atoms with Gasteiger partial charge in [-0.15, -0.1) is 11.3 Å². The molecule has 2 fully saturated rings. The molecule has 6 heteroatoms. The van der Waals surface area contributed by atoms with E-state index in [9.17, 15) is 4.79 Å². The Morgan fingerprint density at radius 1 is 1.55 bits per heavy atom. The highest BCUT2D eigenvalue weighted by Crippen LogP contribution is 2.42. The third-order valence-corrected chi connectivity index (χ3v) is 5.53. The lowest BCUT2D eigenvalue weighted by Crippen LogP contribution is -2.47. The van der Waals surface area contributed by atoms with Crippen LogP contribution in [0.3, 0.4) is 0 Å². The molecule has 5 nitrogen and oxygen atoms in total. The number of nitrogens with zero attached hydrogens (tertiary/aromatic N) is 2. The van der Waals surface area contributed by atoms with Crippen LogP contribution in [0.1, 0.15) is 42.4 Å². The molecule has 122 valence electrons. The van der Waals surface area contributed by atoms with Gasteiger partial charge in [-0.05, 0) is 38.5 Å². The molecule has 2 aliphatic rings. The van der Waals surface area contributed by atoms with E-state index >= 15 is 0 Å². The van der Waals surface area contributed by atoms with Crippen LogP contribution in [0.5, 0.6) is 0 Å². The Hall–Kier alpha value is -1.14. The first kappa shape index (κ1) is 15.7. The van der Waals surface area contributed by atoms with Crippen LogP contribution < -0.4 is 5.32 Å². The van der Waals surface area contributed by atoms with E-state index < -0.39 is 0 Å². The summed E-state index contributed by atoms with van der Waals surface area (Å²) in [5.74, 6) is 1.03. The van der Waals surface area contributed by atoms with Crippen molar-refractivity contribution in [3.05, 3.63) is 16.1 Å². The molecule has 3 rings (SSSR count). The number of amides is 2. The fraction of sp³-hybridized carbons (Fsp3) is 0.750. The molecule has 22 heavy (non-hydrogen) atoms. The second-order valence-electron chi connectivity index (χ2n) is 6.50. The van der Waals surface area contributed by atoms with Crippen LogP contribution in [0.4, 0.5) is 4.79 Å². The van der Waals surface area contributed by atoms with Gasteiger partial charge in [0.1, 0.15) is 5.01 Å². The van der Waals surface area contributed by atoms with Crippen molar-refractivity contribution in [2.45, 2.75) is 38.6 Å². The van der Waals surface area contributed by atoms with Gasteiger partial charge < -0.3 is 15.0 Å². The third-order valence-electron chi connectivity index (χ3n) is 4.48. The molecular weight excluding hydrogens is 298 g/mol. The smallest absolute Gasteiger partial charge is 0.317 e. The standard InChI is InChI=1S/C16H25N3O2S/c1-11-10-22-15(17-11)14(13-5-6-13)18-16(20)19-7-3-4-12(8-19)9-21-2/h10,12-14H,3-9H2,1-2H3,(H,18,20). The predicted molar refractivity (Wildman–Crippen MR) is 87.0 cm³/mol. The number of aryl methyl sites for hydroxylation is 1. The highest BCUT2D eigenvalue weighted by atomic mass is 32.1. The number of rotatable bonds is 5. The number of nitrogens with one attached hydrogen (secondary N) is 1. The first-order valence-corrected chi connectivity index (χ1v) is 9.01. The molecule has 2 unspecified atom stereocenters. The normalized spacial score (nSPS) is 23.4. The molecule has 0 radical (unpaired) electrons. The van der Waals surface area contributed by atoms with Gasteiger partial charge in [-0.25, -0.2) is 9.78 Å². The largest absolute Gasteiger partial charge is 0.384 e. The van der Waals surface area contributed by atoms with Crippen molar-refractivity contribution < 1.29 is 9.53 Å². The molecule has 0 aromatic carbocycles. The predicted octanol–water partition coefficient (Wildman–Crippen LogP) is 2.97. The molecule has 2 heterocycles. The molecule has 1 saturated heterocycles. The summed E-state index contributed by atoms with van der Waals surface area (Å²) in [6.07, 6.45) is 4.59. The average Bonchev–Trinajstić information content (AvgIpc) is 3.26. The Morgan fingerprint density at radius 2 is 2.36 bits per heavy atom. The molecule has 0 bridgehead atoms. The minimum atomic E-state index is 0.0607. The lowest BCUT2D eigenvalue weighted by molar-refractivity contribution is 0.0992. The van der Waals surface area contributed by atoms with E-state index in [1.54, 1.807) is 18.4 Å². The molecule has 2 amide bonds. The van der Waals surface area contributed by atoms with Crippen LogP contribution in [0.2, 0.25) is 0 Å². The van der Waals surface area contributed by atoms with Gasteiger partial charge in [0, 0.05) is 37.2 Å². The van der Waals surface area contributed by atoms with Crippen LogP contribution >= 0.6 is 11.3 Å². The second kappa shape index (κ2) is 6.96. The first-order valence-electron chi connectivity index (χ1n) is 8.13. The van der Waals surface area contributed by atoms with Gasteiger partial charge in [0.2, 0.25) is 0 Å². The molecule has 1 N–H and O–H groups in total. The summed E-state index contributed by atoms with van der Waals surface area (Å²) in [5.41, 5.74) is 1.04. The number of thiazole rings is 1. The van der Waals surface area contributed by atoms with Crippen molar-refractivity contribution >= 4 is 17.4 Å². The summed E-state index contributed by atoms with van der Waals surface area (Å²) in [7, 11) is 1.73. The van der Waals surface area contributed by atoms with Crippen molar-refractivity contribution in [3.63, 3.8) is 0 Å². The summed E-state index contributed by atoms with van der Waals surface area (Å²) in [6, 6.07) is 0.152. The van der Waals surface area contributed by atoms with Crippen molar-refractivity contribution in [2.24, 2.45) is 11.8 Å². The van der Waals surface area contributed by atoms with Crippen molar-refractivity contribution in [3.8, 4) is 0 Å². The van der Waals surface area contributed by atoms with Crippen molar-refractivity contribution in [1.29, 1.82) is 0 Å². The lowest BCUT2D eigenvalue weighted by atomic mass is 9.99. The minimum absolute atomic E-state index is 0.0607.